The van der Waals surface area contributed by atoms with Crippen LogP contribution in [0, 0.1) is 12.3 Å². The van der Waals surface area contributed by atoms with Crippen LogP contribution < -0.4 is 0 Å². The van der Waals surface area contributed by atoms with Crippen LogP contribution in [0.3, 0.4) is 0 Å². The van der Waals surface area contributed by atoms with E-state index in [0.29, 0.717) is 13.2 Å². The zero-order valence-corrected chi connectivity index (χ0v) is 7.29. The van der Waals surface area contributed by atoms with E-state index >= 15 is 0 Å². The Morgan fingerprint density at radius 1 is 1.58 bits per heavy atom. The van der Waals surface area contributed by atoms with Crippen molar-refractivity contribution < 1.29 is 14.2 Å². The monoisotopic (exact) mass is 170 g/mol. The van der Waals surface area contributed by atoms with Crippen molar-refractivity contribution in [2.24, 2.45) is 0 Å². The van der Waals surface area contributed by atoms with Gasteiger partial charge in [-0.15, -0.1) is 6.42 Å². The predicted molar refractivity (Wildman–Crippen MR) is 44.6 cm³/mol. The van der Waals surface area contributed by atoms with Crippen LogP contribution in [0.4, 0.5) is 0 Å². The molecule has 0 aromatic rings. The van der Waals surface area contributed by atoms with Crippen molar-refractivity contribution in [3.63, 3.8) is 0 Å². The lowest BCUT2D eigenvalue weighted by Gasteiger charge is -2.27. The number of hydrogen-bond donors (Lipinski definition) is 0. The molecule has 0 aliphatic carbocycles. The maximum Gasteiger partial charge on any atom is 0.157 e. The summed E-state index contributed by atoms with van der Waals surface area (Å²) in [6.07, 6.45) is 6.98. The van der Waals surface area contributed by atoms with Gasteiger partial charge < -0.3 is 14.2 Å². The van der Waals surface area contributed by atoms with Crippen molar-refractivity contribution in [1.29, 1.82) is 0 Å². The Bertz CT molecular complexity index is 154. The van der Waals surface area contributed by atoms with Crippen LogP contribution in [0.5, 0.6) is 0 Å². The molecule has 1 fully saturated rings. The van der Waals surface area contributed by atoms with Gasteiger partial charge in [-0.2, -0.15) is 0 Å². The molecule has 0 unspecified atom stereocenters. The Kier molecular flexibility index (Phi) is 4.09. The topological polar surface area (TPSA) is 27.7 Å². The fourth-order valence-electron chi connectivity index (χ4n) is 1.19. The summed E-state index contributed by atoms with van der Waals surface area (Å²) in [4.78, 5) is 0. The summed E-state index contributed by atoms with van der Waals surface area (Å²) in [6.45, 7) is 0.950. The average molecular weight is 170 g/mol. The van der Waals surface area contributed by atoms with E-state index in [4.69, 9.17) is 20.6 Å². The standard InChI is InChI=1S/C9H14O3/c1-3-6-11-8-4-5-9(10-2)12-7-8/h1,8-9H,4-7H2,2H3/t8-,9+/m1/s1. The Balaban J connectivity index is 2.14. The minimum absolute atomic E-state index is 0.0596. The molecule has 0 amide bonds. The summed E-state index contributed by atoms with van der Waals surface area (Å²) >= 11 is 0. The molecule has 0 radical (unpaired) electrons. The fourth-order valence-corrected chi connectivity index (χ4v) is 1.19. The van der Waals surface area contributed by atoms with Gasteiger partial charge in [0.05, 0.1) is 12.7 Å². The predicted octanol–water partition coefficient (Wildman–Crippen LogP) is 0.788. The van der Waals surface area contributed by atoms with Gasteiger partial charge in [-0.1, -0.05) is 5.92 Å². The second-order valence-electron chi connectivity index (χ2n) is 2.71. The van der Waals surface area contributed by atoms with Crippen LogP contribution in [0.2, 0.25) is 0 Å². The van der Waals surface area contributed by atoms with Crippen LogP contribution in [-0.2, 0) is 14.2 Å². The summed E-state index contributed by atoms with van der Waals surface area (Å²) in [7, 11) is 1.65. The molecule has 3 heteroatoms. The van der Waals surface area contributed by atoms with Gasteiger partial charge >= 0.3 is 0 Å². The maximum atomic E-state index is 5.32. The lowest BCUT2D eigenvalue weighted by molar-refractivity contribution is -0.179. The summed E-state index contributed by atoms with van der Waals surface area (Å²) in [5.41, 5.74) is 0. The van der Waals surface area contributed by atoms with Gasteiger partial charge in [-0.3, -0.25) is 0 Å². The molecule has 2 atom stereocenters. The van der Waals surface area contributed by atoms with Crippen LogP contribution in [0.25, 0.3) is 0 Å². The van der Waals surface area contributed by atoms with Gasteiger partial charge in [0.15, 0.2) is 6.29 Å². The normalized spacial score (nSPS) is 29.7. The molecule has 0 N–H and O–H groups in total. The molecule has 1 aliphatic heterocycles. The Morgan fingerprint density at radius 2 is 2.42 bits per heavy atom. The fraction of sp³-hybridized carbons (Fsp3) is 0.778. The van der Waals surface area contributed by atoms with Crippen LogP contribution >= 0.6 is 0 Å². The van der Waals surface area contributed by atoms with Crippen molar-refractivity contribution in [3.8, 4) is 12.3 Å². The maximum absolute atomic E-state index is 5.32. The zero-order valence-electron chi connectivity index (χ0n) is 7.29. The Hall–Kier alpha value is -0.560. The zero-order chi connectivity index (χ0) is 8.81. The van der Waals surface area contributed by atoms with Gasteiger partial charge in [-0.05, 0) is 6.42 Å². The third-order valence-corrected chi connectivity index (χ3v) is 1.86. The second-order valence-corrected chi connectivity index (χ2v) is 2.71. The largest absolute Gasteiger partial charge is 0.363 e. The summed E-state index contributed by atoms with van der Waals surface area (Å²) < 4.78 is 15.7. The van der Waals surface area contributed by atoms with Gasteiger partial charge in [-0.25, -0.2) is 0 Å². The molecule has 3 nitrogen and oxygen atoms in total. The molecule has 1 heterocycles. The molecule has 12 heavy (non-hydrogen) atoms. The highest BCUT2D eigenvalue weighted by Crippen LogP contribution is 2.15. The lowest BCUT2D eigenvalue weighted by atomic mass is 10.1. The third-order valence-electron chi connectivity index (χ3n) is 1.86. The summed E-state index contributed by atoms with van der Waals surface area (Å²) in [5.74, 6) is 2.43. The molecule has 0 spiro atoms. The Morgan fingerprint density at radius 3 is 2.92 bits per heavy atom. The average Bonchev–Trinajstić information content (AvgIpc) is 2.15. The number of hydrogen-bond acceptors (Lipinski definition) is 3. The molecule has 0 bridgehead atoms. The summed E-state index contributed by atoms with van der Waals surface area (Å²) in [5, 5.41) is 0. The van der Waals surface area contributed by atoms with Gasteiger partial charge in [0.2, 0.25) is 0 Å². The summed E-state index contributed by atoms with van der Waals surface area (Å²) in [6, 6.07) is 0. The first-order valence-corrected chi connectivity index (χ1v) is 4.06. The molecule has 0 saturated carbocycles. The molecule has 1 saturated heterocycles. The van der Waals surface area contributed by atoms with Crippen LogP contribution in [0.15, 0.2) is 0 Å². The van der Waals surface area contributed by atoms with Gasteiger partial charge in [0.25, 0.3) is 0 Å². The molecule has 1 aliphatic rings. The molecule has 1 rings (SSSR count). The number of rotatable bonds is 3. The smallest absolute Gasteiger partial charge is 0.157 e. The van der Waals surface area contributed by atoms with E-state index in [0.717, 1.165) is 12.8 Å². The number of ether oxygens (including phenoxy) is 3. The van der Waals surface area contributed by atoms with Gasteiger partial charge in [0.1, 0.15) is 6.61 Å². The first kappa shape index (κ1) is 9.53. The van der Waals surface area contributed by atoms with E-state index in [2.05, 4.69) is 5.92 Å². The number of methoxy groups -OCH3 is 1. The van der Waals surface area contributed by atoms with E-state index in [1.165, 1.54) is 0 Å². The van der Waals surface area contributed by atoms with Crippen molar-refractivity contribution in [2.45, 2.75) is 25.2 Å². The first-order valence-electron chi connectivity index (χ1n) is 4.06. The third kappa shape index (κ3) is 2.82. The van der Waals surface area contributed by atoms with Gasteiger partial charge in [0, 0.05) is 13.5 Å². The minimum Gasteiger partial charge on any atom is -0.363 e. The van der Waals surface area contributed by atoms with E-state index in [-0.39, 0.29) is 12.4 Å². The van der Waals surface area contributed by atoms with Crippen molar-refractivity contribution in [1.82, 2.24) is 0 Å². The molecule has 0 aromatic carbocycles. The highest BCUT2D eigenvalue weighted by atomic mass is 16.7. The quantitative estimate of drug-likeness (QED) is 0.586. The first-order chi connectivity index (χ1) is 5.86. The molecular weight excluding hydrogens is 156 g/mol. The highest BCUT2D eigenvalue weighted by molar-refractivity contribution is 4.83. The highest BCUT2D eigenvalue weighted by Gasteiger charge is 2.21. The van der Waals surface area contributed by atoms with E-state index in [1.807, 2.05) is 0 Å². The van der Waals surface area contributed by atoms with E-state index in [1.54, 1.807) is 7.11 Å². The van der Waals surface area contributed by atoms with Crippen LogP contribution in [-0.4, -0.2) is 32.7 Å². The lowest BCUT2D eigenvalue weighted by Crippen LogP contribution is -2.32. The van der Waals surface area contributed by atoms with Crippen LogP contribution in [0.1, 0.15) is 12.8 Å². The Labute approximate surface area is 73.0 Å². The van der Waals surface area contributed by atoms with Crippen molar-refractivity contribution in [2.75, 3.05) is 20.3 Å². The van der Waals surface area contributed by atoms with Crippen molar-refractivity contribution in [3.05, 3.63) is 0 Å². The molecular formula is C9H14O3. The molecule has 68 valence electrons. The molecule has 0 aromatic heterocycles. The SMILES string of the molecule is C#CCO[C@@H]1CC[C@@H](OC)OC1. The van der Waals surface area contributed by atoms with E-state index in [9.17, 15) is 0 Å². The number of terminal acetylenes is 1. The van der Waals surface area contributed by atoms with E-state index < -0.39 is 0 Å². The van der Waals surface area contributed by atoms with Crippen molar-refractivity contribution >= 4 is 0 Å². The minimum atomic E-state index is -0.0596. The second kappa shape index (κ2) is 5.15.